The molecule has 0 N–H and O–H groups in total. The molecule has 0 saturated carbocycles. The van der Waals surface area contributed by atoms with Gasteiger partial charge < -0.3 is 4.74 Å². The lowest BCUT2D eigenvalue weighted by Crippen LogP contribution is -2.01. The number of benzene rings is 1. The highest BCUT2D eigenvalue weighted by atomic mass is 35.5. The average Bonchev–Trinajstić information content (AvgIpc) is 2.82. The van der Waals surface area contributed by atoms with Crippen LogP contribution in [0, 0.1) is 0 Å². The van der Waals surface area contributed by atoms with E-state index in [4.69, 9.17) is 27.9 Å². The Labute approximate surface area is 119 Å². The molecule has 0 aliphatic rings. The van der Waals surface area contributed by atoms with E-state index in [1.54, 1.807) is 36.8 Å². The SMILES string of the molecule is COc1csc(C(=O)Cc2cc(Cl)ccc2Cl)c1. The Hall–Kier alpha value is -1.03. The van der Waals surface area contributed by atoms with Crippen molar-refractivity contribution in [2.75, 3.05) is 7.11 Å². The first-order valence-electron chi connectivity index (χ1n) is 5.20. The fraction of sp³-hybridized carbons (Fsp3) is 0.154. The highest BCUT2D eigenvalue weighted by molar-refractivity contribution is 7.12. The quantitative estimate of drug-likeness (QED) is 0.778. The van der Waals surface area contributed by atoms with Crippen LogP contribution in [0.5, 0.6) is 5.75 Å². The minimum absolute atomic E-state index is 0.00691. The molecule has 1 aromatic heterocycles. The number of carbonyl (C=O) groups is 1. The van der Waals surface area contributed by atoms with E-state index in [1.807, 2.05) is 0 Å². The Morgan fingerprint density at radius 2 is 2.11 bits per heavy atom. The first-order valence-corrected chi connectivity index (χ1v) is 6.83. The molecule has 0 amide bonds. The summed E-state index contributed by atoms with van der Waals surface area (Å²) in [7, 11) is 1.57. The van der Waals surface area contributed by atoms with Crippen LogP contribution in [-0.4, -0.2) is 12.9 Å². The van der Waals surface area contributed by atoms with Crippen molar-refractivity contribution >= 4 is 40.3 Å². The maximum atomic E-state index is 12.1. The highest BCUT2D eigenvalue weighted by Crippen LogP contribution is 2.25. The fourth-order valence-electron chi connectivity index (χ4n) is 1.51. The van der Waals surface area contributed by atoms with Gasteiger partial charge in [-0.3, -0.25) is 4.79 Å². The average molecular weight is 301 g/mol. The number of ether oxygens (including phenoxy) is 1. The van der Waals surface area contributed by atoms with Crippen molar-refractivity contribution in [1.29, 1.82) is 0 Å². The van der Waals surface area contributed by atoms with Crippen LogP contribution in [0.15, 0.2) is 29.6 Å². The van der Waals surface area contributed by atoms with Gasteiger partial charge in [-0.25, -0.2) is 0 Å². The van der Waals surface area contributed by atoms with E-state index in [0.29, 0.717) is 20.7 Å². The van der Waals surface area contributed by atoms with Gasteiger partial charge in [-0.1, -0.05) is 23.2 Å². The Bertz CT molecular complexity index is 578. The number of rotatable bonds is 4. The summed E-state index contributed by atoms with van der Waals surface area (Å²) in [6.07, 6.45) is 0.239. The van der Waals surface area contributed by atoms with E-state index < -0.39 is 0 Å². The lowest BCUT2D eigenvalue weighted by molar-refractivity contribution is 0.0996. The molecule has 0 spiro atoms. The third-order valence-corrected chi connectivity index (χ3v) is 4.00. The Balaban J connectivity index is 2.18. The Morgan fingerprint density at radius 3 is 2.78 bits per heavy atom. The van der Waals surface area contributed by atoms with Crippen LogP contribution in [-0.2, 0) is 6.42 Å². The van der Waals surface area contributed by atoms with E-state index in [0.717, 1.165) is 5.56 Å². The molecule has 0 aliphatic heterocycles. The highest BCUT2D eigenvalue weighted by Gasteiger charge is 2.12. The molecular weight excluding hydrogens is 291 g/mol. The smallest absolute Gasteiger partial charge is 0.177 e. The molecule has 0 aliphatic carbocycles. The second-order valence-electron chi connectivity index (χ2n) is 3.69. The molecule has 0 saturated heterocycles. The molecule has 94 valence electrons. The molecule has 1 heterocycles. The zero-order valence-electron chi connectivity index (χ0n) is 9.57. The summed E-state index contributed by atoms with van der Waals surface area (Å²) in [4.78, 5) is 12.7. The van der Waals surface area contributed by atoms with E-state index in [-0.39, 0.29) is 12.2 Å². The van der Waals surface area contributed by atoms with Crippen molar-refractivity contribution in [3.8, 4) is 5.75 Å². The van der Waals surface area contributed by atoms with Gasteiger partial charge in [0.25, 0.3) is 0 Å². The number of hydrogen-bond acceptors (Lipinski definition) is 3. The Kier molecular flexibility index (Phi) is 4.27. The zero-order valence-corrected chi connectivity index (χ0v) is 11.9. The van der Waals surface area contributed by atoms with Gasteiger partial charge in [0, 0.05) is 27.9 Å². The second-order valence-corrected chi connectivity index (χ2v) is 5.44. The van der Waals surface area contributed by atoms with Gasteiger partial charge in [0.05, 0.1) is 12.0 Å². The minimum Gasteiger partial charge on any atom is -0.496 e. The summed E-state index contributed by atoms with van der Waals surface area (Å²) >= 11 is 13.3. The fourth-order valence-corrected chi connectivity index (χ4v) is 2.69. The molecule has 0 unspecified atom stereocenters. The third-order valence-electron chi connectivity index (χ3n) is 2.44. The summed E-state index contributed by atoms with van der Waals surface area (Å²) in [6, 6.07) is 6.84. The van der Waals surface area contributed by atoms with E-state index in [2.05, 4.69) is 0 Å². The van der Waals surface area contributed by atoms with Crippen LogP contribution >= 0.6 is 34.5 Å². The number of ketones is 1. The predicted octanol–water partition coefficient (Wildman–Crippen LogP) is 4.49. The summed E-state index contributed by atoms with van der Waals surface area (Å²) in [5.41, 5.74) is 0.738. The molecule has 0 radical (unpaired) electrons. The van der Waals surface area contributed by atoms with Crippen LogP contribution in [0.1, 0.15) is 15.2 Å². The van der Waals surface area contributed by atoms with Gasteiger partial charge in [-0.15, -0.1) is 11.3 Å². The molecule has 2 nitrogen and oxygen atoms in total. The van der Waals surface area contributed by atoms with E-state index in [9.17, 15) is 4.79 Å². The Morgan fingerprint density at radius 1 is 1.33 bits per heavy atom. The summed E-state index contributed by atoms with van der Waals surface area (Å²) in [5, 5.41) is 2.93. The summed E-state index contributed by atoms with van der Waals surface area (Å²) in [5.74, 6) is 0.702. The molecule has 2 rings (SSSR count). The number of hydrogen-bond donors (Lipinski definition) is 0. The van der Waals surface area contributed by atoms with Crippen LogP contribution < -0.4 is 4.74 Å². The maximum absolute atomic E-state index is 12.1. The monoisotopic (exact) mass is 300 g/mol. The predicted molar refractivity (Wildman–Crippen MR) is 75.4 cm³/mol. The molecule has 5 heteroatoms. The second kappa shape index (κ2) is 5.74. The normalized spacial score (nSPS) is 10.4. The number of carbonyl (C=O) groups excluding carboxylic acids is 1. The maximum Gasteiger partial charge on any atom is 0.177 e. The van der Waals surface area contributed by atoms with Crippen molar-refractivity contribution in [2.45, 2.75) is 6.42 Å². The molecule has 0 fully saturated rings. The van der Waals surface area contributed by atoms with Crippen molar-refractivity contribution in [3.05, 3.63) is 50.1 Å². The van der Waals surface area contributed by atoms with Crippen LogP contribution in [0.25, 0.3) is 0 Å². The lowest BCUT2D eigenvalue weighted by Gasteiger charge is -2.03. The largest absolute Gasteiger partial charge is 0.496 e. The van der Waals surface area contributed by atoms with Crippen LogP contribution in [0.3, 0.4) is 0 Å². The van der Waals surface area contributed by atoms with Crippen molar-refractivity contribution < 1.29 is 9.53 Å². The van der Waals surface area contributed by atoms with Crippen molar-refractivity contribution in [2.24, 2.45) is 0 Å². The van der Waals surface area contributed by atoms with Crippen molar-refractivity contribution in [1.82, 2.24) is 0 Å². The molecule has 1 aromatic carbocycles. The number of Topliss-reactive ketones (excluding diaryl/α,β-unsaturated/α-hetero) is 1. The zero-order chi connectivity index (χ0) is 13.1. The van der Waals surface area contributed by atoms with Gasteiger partial charge in [0.15, 0.2) is 5.78 Å². The lowest BCUT2D eigenvalue weighted by atomic mass is 10.1. The van der Waals surface area contributed by atoms with Crippen LogP contribution in [0.2, 0.25) is 10.0 Å². The minimum atomic E-state index is 0.00691. The van der Waals surface area contributed by atoms with Gasteiger partial charge in [0.2, 0.25) is 0 Å². The van der Waals surface area contributed by atoms with Gasteiger partial charge in [-0.05, 0) is 23.8 Å². The first-order chi connectivity index (χ1) is 8.60. The summed E-state index contributed by atoms with van der Waals surface area (Å²) in [6.45, 7) is 0. The third kappa shape index (κ3) is 3.05. The van der Waals surface area contributed by atoms with Gasteiger partial charge >= 0.3 is 0 Å². The molecule has 0 bridgehead atoms. The topological polar surface area (TPSA) is 26.3 Å². The molecule has 2 aromatic rings. The standard InChI is InChI=1S/C13H10Cl2O2S/c1-17-10-6-13(18-7-10)12(16)5-8-4-9(14)2-3-11(8)15/h2-4,6-7H,5H2,1H3. The van der Waals surface area contributed by atoms with Gasteiger partial charge in [0.1, 0.15) is 5.75 Å². The first kappa shape index (κ1) is 13.4. The number of halogens is 2. The number of thiophene rings is 1. The molecular formula is C13H10Cl2O2S. The van der Waals surface area contributed by atoms with Crippen molar-refractivity contribution in [3.63, 3.8) is 0 Å². The number of methoxy groups -OCH3 is 1. The molecule has 0 atom stereocenters. The summed E-state index contributed by atoms with van der Waals surface area (Å²) < 4.78 is 5.05. The molecule has 18 heavy (non-hydrogen) atoms. The van der Waals surface area contributed by atoms with E-state index in [1.165, 1.54) is 11.3 Å². The van der Waals surface area contributed by atoms with E-state index >= 15 is 0 Å². The van der Waals surface area contributed by atoms with Gasteiger partial charge in [-0.2, -0.15) is 0 Å². The van der Waals surface area contributed by atoms with Crippen LogP contribution in [0.4, 0.5) is 0 Å².